The van der Waals surface area contributed by atoms with Gasteiger partial charge >= 0.3 is 0 Å². The fraction of sp³-hybridized carbons (Fsp3) is 0.229. The molecule has 0 fully saturated rings. The Morgan fingerprint density at radius 2 is 1.72 bits per heavy atom. The van der Waals surface area contributed by atoms with Crippen molar-refractivity contribution >= 4 is 40.6 Å². The number of para-hydroxylation sites is 1. The summed E-state index contributed by atoms with van der Waals surface area (Å²) in [7, 11) is 3.17. The number of hydrazone groups is 1. The first kappa shape index (κ1) is 32.0. The van der Waals surface area contributed by atoms with Crippen LogP contribution in [0.15, 0.2) is 107 Å². The molecule has 240 valence electrons. The Labute approximate surface area is 281 Å². The fourth-order valence-corrected chi connectivity index (χ4v) is 6.92. The van der Waals surface area contributed by atoms with Gasteiger partial charge in [0.15, 0.2) is 11.0 Å². The van der Waals surface area contributed by atoms with E-state index in [9.17, 15) is 9.59 Å². The number of nitrogens with zero attached hydrogens (tertiary/aromatic N) is 5. The third-order valence-corrected chi connectivity index (χ3v) is 9.69. The van der Waals surface area contributed by atoms with E-state index >= 15 is 0 Å². The molecule has 3 heterocycles. The van der Waals surface area contributed by atoms with E-state index in [0.29, 0.717) is 35.3 Å². The van der Waals surface area contributed by atoms with Crippen molar-refractivity contribution in [2.24, 2.45) is 5.10 Å². The molecule has 0 aliphatic carbocycles. The van der Waals surface area contributed by atoms with Crippen LogP contribution in [0, 0.1) is 0 Å². The second-order valence-corrected chi connectivity index (χ2v) is 12.6. The number of hydrogen-bond donors (Lipinski definition) is 1. The van der Waals surface area contributed by atoms with Crippen LogP contribution in [0.4, 0.5) is 0 Å². The molecule has 1 atom stereocenters. The lowest BCUT2D eigenvalue weighted by Crippen LogP contribution is -2.28. The Bertz CT molecular complexity index is 1840. The van der Waals surface area contributed by atoms with Gasteiger partial charge in [0.1, 0.15) is 11.5 Å². The molecule has 0 unspecified atom stereocenters. The van der Waals surface area contributed by atoms with E-state index in [2.05, 4.69) is 27.6 Å². The second-order valence-electron chi connectivity index (χ2n) is 10.7. The van der Waals surface area contributed by atoms with Crippen LogP contribution in [0.3, 0.4) is 0 Å². The zero-order chi connectivity index (χ0) is 32.6. The molecule has 3 aromatic carbocycles. The molecule has 1 aliphatic heterocycles. The summed E-state index contributed by atoms with van der Waals surface area (Å²) >= 11 is 2.93. The summed E-state index contributed by atoms with van der Waals surface area (Å²) in [5.74, 6) is 1.54. The first-order valence-electron chi connectivity index (χ1n) is 15.1. The van der Waals surface area contributed by atoms with Gasteiger partial charge in [-0.15, -0.1) is 21.5 Å². The van der Waals surface area contributed by atoms with Gasteiger partial charge in [-0.2, -0.15) is 5.10 Å². The molecule has 1 N–H and O–H groups in total. The minimum atomic E-state index is -0.276. The third kappa shape index (κ3) is 7.55. The minimum absolute atomic E-state index is 0.116. The molecule has 10 nitrogen and oxygen atoms in total. The number of aromatic nitrogens is 3. The van der Waals surface area contributed by atoms with Gasteiger partial charge in [-0.05, 0) is 53.3 Å². The van der Waals surface area contributed by atoms with Gasteiger partial charge in [0, 0.05) is 13.0 Å². The number of carbonyl (C=O) groups is 2. The van der Waals surface area contributed by atoms with Crippen LogP contribution in [0.2, 0.25) is 0 Å². The summed E-state index contributed by atoms with van der Waals surface area (Å²) in [6.07, 6.45) is 1.35. The van der Waals surface area contributed by atoms with Crippen molar-refractivity contribution in [1.29, 1.82) is 0 Å². The van der Waals surface area contributed by atoms with Gasteiger partial charge < -0.3 is 19.4 Å². The predicted octanol–water partition coefficient (Wildman–Crippen LogP) is 6.00. The molecule has 47 heavy (non-hydrogen) atoms. The lowest BCUT2D eigenvalue weighted by molar-refractivity contribution is -0.130. The molecule has 12 heteroatoms. The zero-order valence-corrected chi connectivity index (χ0v) is 27.7. The summed E-state index contributed by atoms with van der Waals surface area (Å²) in [6, 6.07) is 28.7. The van der Waals surface area contributed by atoms with E-state index in [-0.39, 0.29) is 30.2 Å². The highest BCUT2D eigenvalue weighted by molar-refractivity contribution is 7.99. The van der Waals surface area contributed by atoms with Crippen LogP contribution >= 0.6 is 23.1 Å². The largest absolute Gasteiger partial charge is 0.497 e. The maximum absolute atomic E-state index is 13.8. The first-order valence-corrected chi connectivity index (χ1v) is 17.0. The predicted molar refractivity (Wildman–Crippen MR) is 183 cm³/mol. The minimum Gasteiger partial charge on any atom is -0.497 e. The highest BCUT2D eigenvalue weighted by Gasteiger charge is 2.33. The zero-order valence-electron chi connectivity index (χ0n) is 26.0. The van der Waals surface area contributed by atoms with Crippen molar-refractivity contribution in [3.8, 4) is 11.5 Å². The lowest BCUT2D eigenvalue weighted by Gasteiger charge is -2.22. The van der Waals surface area contributed by atoms with Gasteiger partial charge in [-0.3, -0.25) is 9.59 Å². The van der Waals surface area contributed by atoms with Crippen molar-refractivity contribution < 1.29 is 19.1 Å². The van der Waals surface area contributed by atoms with E-state index < -0.39 is 0 Å². The standard InChI is InChI=1S/C35H34N6O4S2/c1-44-26-16-14-25(15-17-26)29-21-28(31-13-8-20-46-31)39-41(29)33(42)23-47-35-38-37-32(40(35)19-18-24-9-4-3-5-10-24)22-36-34(43)27-11-6-7-12-30(27)45-2/h3-17,20,29H,18-19,21-23H2,1-2H3,(H,36,43)/t29-/m0/s1. The van der Waals surface area contributed by atoms with Crippen molar-refractivity contribution in [3.63, 3.8) is 0 Å². The van der Waals surface area contributed by atoms with E-state index in [1.54, 1.807) is 41.7 Å². The maximum atomic E-state index is 13.8. The normalized spacial score (nSPS) is 14.1. The number of rotatable bonds is 13. The highest BCUT2D eigenvalue weighted by Crippen LogP contribution is 2.35. The molecule has 0 bridgehead atoms. The van der Waals surface area contributed by atoms with Gasteiger partial charge in [-0.25, -0.2) is 5.01 Å². The Kier molecular flexibility index (Phi) is 10.3. The monoisotopic (exact) mass is 666 g/mol. The van der Waals surface area contributed by atoms with Crippen LogP contribution in [-0.2, 0) is 24.3 Å². The maximum Gasteiger partial charge on any atom is 0.255 e. The number of thioether (sulfide) groups is 1. The molecule has 6 rings (SSSR count). The second kappa shape index (κ2) is 15.1. The van der Waals surface area contributed by atoms with Crippen molar-refractivity contribution in [1.82, 2.24) is 25.1 Å². The SMILES string of the molecule is COc1ccc([C@@H]2CC(c3cccs3)=NN2C(=O)CSc2nnc(CNC(=O)c3ccccc3OC)n2CCc2ccccc2)cc1. The summed E-state index contributed by atoms with van der Waals surface area (Å²) in [6.45, 7) is 0.736. The fourth-order valence-electron chi connectivity index (χ4n) is 5.36. The van der Waals surface area contributed by atoms with Crippen molar-refractivity contribution in [2.45, 2.75) is 37.1 Å². The average molecular weight is 667 g/mol. The van der Waals surface area contributed by atoms with Crippen LogP contribution < -0.4 is 14.8 Å². The first-order chi connectivity index (χ1) is 23.0. The van der Waals surface area contributed by atoms with E-state index in [4.69, 9.17) is 14.6 Å². The van der Waals surface area contributed by atoms with Crippen molar-refractivity contribution in [3.05, 3.63) is 124 Å². The quantitative estimate of drug-likeness (QED) is 0.154. The summed E-state index contributed by atoms with van der Waals surface area (Å²) in [4.78, 5) is 27.9. The van der Waals surface area contributed by atoms with Gasteiger partial charge in [0.2, 0.25) is 0 Å². The lowest BCUT2D eigenvalue weighted by atomic mass is 10.0. The van der Waals surface area contributed by atoms with Crippen LogP contribution in [0.5, 0.6) is 11.5 Å². The van der Waals surface area contributed by atoms with Gasteiger partial charge in [-0.1, -0.05) is 72.4 Å². The van der Waals surface area contributed by atoms with E-state index in [0.717, 1.165) is 33.9 Å². The highest BCUT2D eigenvalue weighted by atomic mass is 32.2. The van der Waals surface area contributed by atoms with Crippen LogP contribution in [0.1, 0.15) is 44.6 Å². The van der Waals surface area contributed by atoms with Gasteiger partial charge in [0.05, 0.1) is 48.7 Å². The van der Waals surface area contributed by atoms with E-state index in [1.807, 2.05) is 70.6 Å². The number of benzene rings is 3. The third-order valence-electron chi connectivity index (χ3n) is 7.82. The Hall–Kier alpha value is -4.94. The summed E-state index contributed by atoms with van der Waals surface area (Å²) in [5, 5.41) is 20.8. The number of ether oxygens (including phenoxy) is 2. The molecule has 0 saturated carbocycles. The molecule has 5 aromatic rings. The van der Waals surface area contributed by atoms with Gasteiger partial charge in [0.25, 0.3) is 11.8 Å². The molecule has 0 spiro atoms. The average Bonchev–Trinajstić information content (AvgIpc) is 3.90. The molecule has 0 radical (unpaired) electrons. The molecule has 1 aliphatic rings. The summed E-state index contributed by atoms with van der Waals surface area (Å²) < 4.78 is 12.7. The molecule has 2 aromatic heterocycles. The number of amides is 2. The number of carbonyl (C=O) groups excluding carboxylic acids is 2. The molecule has 0 saturated heterocycles. The smallest absolute Gasteiger partial charge is 0.255 e. The Balaban J connectivity index is 1.20. The topological polar surface area (TPSA) is 111 Å². The van der Waals surface area contributed by atoms with E-state index in [1.165, 1.54) is 18.9 Å². The number of aryl methyl sites for hydroxylation is 1. The summed E-state index contributed by atoms with van der Waals surface area (Å²) in [5.41, 5.74) is 3.47. The Morgan fingerprint density at radius 3 is 2.47 bits per heavy atom. The van der Waals surface area contributed by atoms with Crippen molar-refractivity contribution in [2.75, 3.05) is 20.0 Å². The number of thiophene rings is 1. The molecular weight excluding hydrogens is 633 g/mol. The molecular formula is C35H34N6O4S2. The van der Waals surface area contributed by atoms with Crippen LogP contribution in [0.25, 0.3) is 0 Å². The number of methoxy groups -OCH3 is 2. The number of hydrogen-bond acceptors (Lipinski definition) is 9. The Morgan fingerprint density at radius 1 is 0.936 bits per heavy atom. The number of nitrogens with one attached hydrogen (secondary N) is 1. The van der Waals surface area contributed by atoms with Crippen LogP contribution in [-0.4, -0.2) is 57.3 Å². The molecule has 2 amide bonds.